The fourth-order valence-corrected chi connectivity index (χ4v) is 3.45. The number of morpholine rings is 1. The maximum absolute atomic E-state index is 12.0. The maximum Gasteiger partial charge on any atom is 0.337 e. The first-order valence-electron chi connectivity index (χ1n) is 10.5. The minimum Gasteiger partial charge on any atom is -0.378 e. The summed E-state index contributed by atoms with van der Waals surface area (Å²) in [6.07, 6.45) is 9.75. The maximum atomic E-state index is 12.0. The molecule has 0 aliphatic carbocycles. The van der Waals surface area contributed by atoms with Crippen molar-refractivity contribution in [3.8, 4) is 0 Å². The van der Waals surface area contributed by atoms with Crippen LogP contribution in [0.25, 0.3) is 12.2 Å². The molecule has 1 aliphatic heterocycles. The Bertz CT molecular complexity index is 1050. The van der Waals surface area contributed by atoms with Crippen LogP contribution >= 0.6 is 0 Å². The van der Waals surface area contributed by atoms with Gasteiger partial charge in [-0.25, -0.2) is 9.97 Å². The first kappa shape index (κ1) is 21.4. The predicted molar refractivity (Wildman–Crippen MR) is 122 cm³/mol. The van der Waals surface area contributed by atoms with E-state index in [0.29, 0.717) is 44.6 Å². The lowest BCUT2D eigenvalue weighted by molar-refractivity contribution is -0.384. The van der Waals surface area contributed by atoms with Crippen LogP contribution in [0.1, 0.15) is 17.7 Å². The summed E-state index contributed by atoms with van der Waals surface area (Å²) in [5.41, 5.74) is 1.11. The zero-order valence-electron chi connectivity index (χ0n) is 17.6. The normalized spacial score (nSPS) is 14.1. The van der Waals surface area contributed by atoms with Crippen molar-refractivity contribution in [1.82, 2.24) is 19.5 Å². The van der Waals surface area contributed by atoms with Crippen molar-refractivity contribution < 1.29 is 9.66 Å². The SMILES string of the molecule is O=[N+]([O-])c1c(C=Cc2ccccc2)nc(NCCCn2ccnc2)nc1N1CCOCC1. The minimum atomic E-state index is -0.404. The molecule has 10 heteroatoms. The topological polar surface area (TPSA) is 111 Å². The number of hydrogen-bond acceptors (Lipinski definition) is 8. The highest BCUT2D eigenvalue weighted by Gasteiger charge is 2.28. The van der Waals surface area contributed by atoms with E-state index in [1.54, 1.807) is 18.6 Å². The highest BCUT2D eigenvalue weighted by atomic mass is 16.6. The minimum absolute atomic E-state index is 0.0944. The van der Waals surface area contributed by atoms with Crippen LogP contribution in [0, 0.1) is 10.1 Å². The molecular formula is C22H25N7O3. The number of nitro groups is 1. The Balaban J connectivity index is 1.61. The number of ether oxygens (including phenoxy) is 1. The van der Waals surface area contributed by atoms with Crippen LogP contribution < -0.4 is 10.2 Å². The quantitative estimate of drug-likeness (QED) is 0.310. The summed E-state index contributed by atoms with van der Waals surface area (Å²) in [6.45, 7) is 3.52. The van der Waals surface area contributed by atoms with Crippen molar-refractivity contribution in [3.05, 3.63) is 70.4 Å². The van der Waals surface area contributed by atoms with Crippen molar-refractivity contribution in [3.63, 3.8) is 0 Å². The van der Waals surface area contributed by atoms with Crippen molar-refractivity contribution in [2.24, 2.45) is 0 Å². The molecule has 1 aliphatic rings. The fourth-order valence-electron chi connectivity index (χ4n) is 3.45. The van der Waals surface area contributed by atoms with Crippen molar-refractivity contribution >= 4 is 29.6 Å². The molecule has 1 saturated heterocycles. The predicted octanol–water partition coefficient (Wildman–Crippen LogP) is 3.09. The van der Waals surface area contributed by atoms with E-state index in [2.05, 4.69) is 20.3 Å². The van der Waals surface area contributed by atoms with Crippen LogP contribution in [0.2, 0.25) is 0 Å². The lowest BCUT2D eigenvalue weighted by atomic mass is 10.2. The highest BCUT2D eigenvalue weighted by molar-refractivity contribution is 5.77. The molecule has 166 valence electrons. The van der Waals surface area contributed by atoms with E-state index in [0.717, 1.165) is 18.5 Å². The van der Waals surface area contributed by atoms with Crippen LogP contribution in [0.5, 0.6) is 0 Å². The second kappa shape index (κ2) is 10.5. The van der Waals surface area contributed by atoms with Gasteiger partial charge in [-0.1, -0.05) is 36.4 Å². The number of benzene rings is 1. The zero-order chi connectivity index (χ0) is 22.2. The first-order chi connectivity index (χ1) is 15.7. The van der Waals surface area contributed by atoms with Gasteiger partial charge in [0.05, 0.1) is 24.5 Å². The van der Waals surface area contributed by atoms with E-state index < -0.39 is 4.92 Å². The van der Waals surface area contributed by atoms with E-state index >= 15 is 0 Å². The third kappa shape index (κ3) is 5.46. The summed E-state index contributed by atoms with van der Waals surface area (Å²) >= 11 is 0. The third-order valence-corrected chi connectivity index (χ3v) is 5.05. The number of nitrogens with one attached hydrogen (secondary N) is 1. The van der Waals surface area contributed by atoms with Crippen molar-refractivity contribution in [1.29, 1.82) is 0 Å². The van der Waals surface area contributed by atoms with Crippen LogP contribution in [-0.4, -0.2) is 57.3 Å². The van der Waals surface area contributed by atoms with Gasteiger partial charge in [0.25, 0.3) is 0 Å². The monoisotopic (exact) mass is 435 g/mol. The van der Waals surface area contributed by atoms with E-state index in [9.17, 15) is 10.1 Å². The second-order valence-electron chi connectivity index (χ2n) is 7.29. The summed E-state index contributed by atoms with van der Waals surface area (Å²) in [7, 11) is 0. The van der Waals surface area contributed by atoms with Gasteiger partial charge in [0, 0.05) is 38.6 Å². The van der Waals surface area contributed by atoms with E-state index in [1.165, 1.54) is 0 Å². The number of aryl methyl sites for hydroxylation is 1. The van der Waals surface area contributed by atoms with Crippen LogP contribution in [-0.2, 0) is 11.3 Å². The van der Waals surface area contributed by atoms with E-state index in [-0.39, 0.29) is 11.4 Å². The summed E-state index contributed by atoms with van der Waals surface area (Å²) in [4.78, 5) is 26.5. The average Bonchev–Trinajstić information content (AvgIpc) is 3.35. The summed E-state index contributed by atoms with van der Waals surface area (Å²) in [5, 5.41) is 15.2. The van der Waals surface area contributed by atoms with Gasteiger partial charge in [0.2, 0.25) is 11.8 Å². The van der Waals surface area contributed by atoms with Gasteiger partial charge >= 0.3 is 5.69 Å². The van der Waals surface area contributed by atoms with Crippen LogP contribution in [0.4, 0.5) is 17.5 Å². The Kier molecular flexibility index (Phi) is 7.03. The van der Waals surface area contributed by atoms with Crippen molar-refractivity contribution in [2.75, 3.05) is 43.1 Å². The molecule has 10 nitrogen and oxygen atoms in total. The number of rotatable bonds is 9. The van der Waals surface area contributed by atoms with Gasteiger partial charge in [0.15, 0.2) is 0 Å². The summed E-state index contributed by atoms with van der Waals surface area (Å²) in [6, 6.07) is 9.62. The largest absolute Gasteiger partial charge is 0.378 e. The van der Waals surface area contributed by atoms with E-state index in [4.69, 9.17) is 4.74 Å². The molecule has 0 atom stereocenters. The van der Waals surface area contributed by atoms with E-state index in [1.807, 2.05) is 52.1 Å². The molecule has 3 aromatic rings. The van der Waals surface area contributed by atoms with Gasteiger partial charge in [-0.15, -0.1) is 0 Å². The van der Waals surface area contributed by atoms with Crippen LogP contribution in [0.15, 0.2) is 49.1 Å². The molecule has 0 unspecified atom stereocenters. The van der Waals surface area contributed by atoms with Gasteiger partial charge in [0.1, 0.15) is 5.69 Å². The number of nitrogens with zero attached hydrogens (tertiary/aromatic N) is 6. The standard InChI is InChI=1S/C22H25N7O3/c30-29(31)20-19(8-7-18-5-2-1-3-6-18)25-22(24-9-4-11-27-12-10-23-17-27)26-21(20)28-13-15-32-16-14-28/h1-3,5-8,10,12,17H,4,9,11,13-16H2,(H,24,25,26). The Morgan fingerprint density at radius 1 is 1.16 bits per heavy atom. The molecule has 0 saturated carbocycles. The highest BCUT2D eigenvalue weighted by Crippen LogP contribution is 2.32. The van der Waals surface area contributed by atoms with Crippen molar-refractivity contribution in [2.45, 2.75) is 13.0 Å². The number of anilines is 2. The molecule has 0 amide bonds. The molecule has 1 fully saturated rings. The number of aromatic nitrogens is 4. The fraction of sp³-hybridized carbons (Fsp3) is 0.318. The molecule has 2 aromatic heterocycles. The average molecular weight is 435 g/mol. The molecule has 3 heterocycles. The third-order valence-electron chi connectivity index (χ3n) is 5.05. The molecule has 0 spiro atoms. The first-order valence-corrected chi connectivity index (χ1v) is 10.5. The number of imidazole rings is 1. The number of hydrogen-bond donors (Lipinski definition) is 1. The molecule has 1 N–H and O–H groups in total. The lowest BCUT2D eigenvalue weighted by Crippen LogP contribution is -2.37. The molecule has 0 radical (unpaired) electrons. The van der Waals surface area contributed by atoms with Gasteiger partial charge < -0.3 is 19.5 Å². The smallest absolute Gasteiger partial charge is 0.337 e. The Morgan fingerprint density at radius 3 is 2.69 bits per heavy atom. The summed E-state index contributed by atoms with van der Waals surface area (Å²) < 4.78 is 7.40. The molecule has 4 rings (SSSR count). The van der Waals surface area contributed by atoms with Crippen LogP contribution in [0.3, 0.4) is 0 Å². The second-order valence-corrected chi connectivity index (χ2v) is 7.29. The molecule has 32 heavy (non-hydrogen) atoms. The Hall–Kier alpha value is -3.79. The Morgan fingerprint density at radius 2 is 1.97 bits per heavy atom. The zero-order valence-corrected chi connectivity index (χ0v) is 17.6. The molecule has 1 aromatic carbocycles. The molecular weight excluding hydrogens is 410 g/mol. The Labute approximate surface area is 185 Å². The lowest BCUT2D eigenvalue weighted by Gasteiger charge is -2.27. The summed E-state index contributed by atoms with van der Waals surface area (Å²) in [5.74, 6) is 0.688. The van der Waals surface area contributed by atoms with Gasteiger partial charge in [-0.3, -0.25) is 10.1 Å². The van der Waals surface area contributed by atoms with Gasteiger partial charge in [-0.2, -0.15) is 4.98 Å². The molecule has 0 bridgehead atoms. The van der Waals surface area contributed by atoms with Gasteiger partial charge in [-0.05, 0) is 18.1 Å².